The minimum atomic E-state index is 0.750. The van der Waals surface area contributed by atoms with Crippen LogP contribution in [0, 0.1) is 0 Å². The van der Waals surface area contributed by atoms with Crippen LogP contribution in [0.1, 0.15) is 33.6 Å². The van der Waals surface area contributed by atoms with Gasteiger partial charge in [-0.25, -0.2) is 0 Å². The van der Waals surface area contributed by atoms with Crippen molar-refractivity contribution in [3.63, 3.8) is 0 Å². The van der Waals surface area contributed by atoms with Gasteiger partial charge in [0.15, 0.2) is 0 Å². The molecule has 0 radical (unpaired) electrons. The van der Waals surface area contributed by atoms with E-state index < -0.39 is 0 Å². The van der Waals surface area contributed by atoms with E-state index in [2.05, 4.69) is 18.7 Å². The standard InChI is InChI=1S/C7H15N.C2H7N/c1-7(2)8-5-3-4-6-8;1-2-3/h7H,3-6H2,1-2H3;2-3H2,1H3. The maximum atomic E-state index is 4.85. The molecule has 0 bridgehead atoms. The van der Waals surface area contributed by atoms with E-state index in [1.807, 2.05) is 6.92 Å². The summed E-state index contributed by atoms with van der Waals surface area (Å²) in [5.41, 5.74) is 4.85. The molecule has 11 heavy (non-hydrogen) atoms. The SMILES string of the molecule is CC(C)N1CCCC1.CCN. The van der Waals surface area contributed by atoms with Crippen molar-refractivity contribution in [3.8, 4) is 0 Å². The first-order valence-corrected chi connectivity index (χ1v) is 4.66. The van der Waals surface area contributed by atoms with Gasteiger partial charge in [-0.3, -0.25) is 0 Å². The van der Waals surface area contributed by atoms with E-state index in [1.54, 1.807) is 0 Å². The molecule has 0 atom stereocenters. The predicted molar refractivity (Wildman–Crippen MR) is 50.7 cm³/mol. The van der Waals surface area contributed by atoms with E-state index in [0.29, 0.717) is 0 Å². The van der Waals surface area contributed by atoms with Crippen LogP contribution in [-0.2, 0) is 0 Å². The first-order valence-electron chi connectivity index (χ1n) is 4.66. The lowest BCUT2D eigenvalue weighted by molar-refractivity contribution is 0.276. The summed E-state index contributed by atoms with van der Waals surface area (Å²) in [6.45, 7) is 9.85. The van der Waals surface area contributed by atoms with Crippen molar-refractivity contribution < 1.29 is 0 Å². The molecule has 0 aliphatic carbocycles. The summed E-state index contributed by atoms with van der Waals surface area (Å²) in [4.78, 5) is 2.53. The molecule has 0 aromatic rings. The highest BCUT2D eigenvalue weighted by molar-refractivity contribution is 4.68. The van der Waals surface area contributed by atoms with Crippen LogP contribution in [0.2, 0.25) is 0 Å². The summed E-state index contributed by atoms with van der Waals surface area (Å²) < 4.78 is 0. The Hall–Kier alpha value is -0.0800. The Bertz CT molecular complexity index is 75.6. The summed E-state index contributed by atoms with van der Waals surface area (Å²) in [7, 11) is 0. The van der Waals surface area contributed by atoms with Crippen LogP contribution in [0.4, 0.5) is 0 Å². The molecule has 2 nitrogen and oxygen atoms in total. The van der Waals surface area contributed by atoms with Gasteiger partial charge in [-0.1, -0.05) is 6.92 Å². The van der Waals surface area contributed by atoms with E-state index in [9.17, 15) is 0 Å². The van der Waals surface area contributed by atoms with E-state index in [4.69, 9.17) is 5.73 Å². The second-order valence-electron chi connectivity index (χ2n) is 3.25. The highest BCUT2D eigenvalue weighted by atomic mass is 15.2. The van der Waals surface area contributed by atoms with Crippen LogP contribution >= 0.6 is 0 Å². The zero-order chi connectivity index (χ0) is 8.69. The summed E-state index contributed by atoms with van der Waals surface area (Å²) in [5, 5.41) is 0. The number of rotatable bonds is 1. The van der Waals surface area contributed by atoms with Gasteiger partial charge >= 0.3 is 0 Å². The zero-order valence-electron chi connectivity index (χ0n) is 8.14. The molecular weight excluding hydrogens is 136 g/mol. The number of hydrogen-bond donors (Lipinski definition) is 1. The molecule has 68 valence electrons. The largest absolute Gasteiger partial charge is 0.331 e. The molecule has 0 saturated carbocycles. The number of nitrogens with two attached hydrogens (primary N) is 1. The molecule has 0 spiro atoms. The van der Waals surface area contributed by atoms with E-state index in [-0.39, 0.29) is 0 Å². The fourth-order valence-electron chi connectivity index (χ4n) is 1.26. The highest BCUT2D eigenvalue weighted by Crippen LogP contribution is 2.09. The van der Waals surface area contributed by atoms with E-state index >= 15 is 0 Å². The molecule has 0 aromatic heterocycles. The number of hydrogen-bond acceptors (Lipinski definition) is 2. The summed E-state index contributed by atoms with van der Waals surface area (Å²) in [6.07, 6.45) is 2.83. The fourth-order valence-corrected chi connectivity index (χ4v) is 1.26. The summed E-state index contributed by atoms with van der Waals surface area (Å²) >= 11 is 0. The van der Waals surface area contributed by atoms with Crippen molar-refractivity contribution in [2.24, 2.45) is 5.73 Å². The van der Waals surface area contributed by atoms with E-state index in [1.165, 1.54) is 25.9 Å². The second kappa shape index (κ2) is 6.62. The van der Waals surface area contributed by atoms with Crippen LogP contribution in [-0.4, -0.2) is 30.6 Å². The van der Waals surface area contributed by atoms with Gasteiger partial charge < -0.3 is 10.6 Å². The van der Waals surface area contributed by atoms with Gasteiger partial charge in [-0.05, 0) is 46.3 Å². The molecule has 1 aliphatic heterocycles. The van der Waals surface area contributed by atoms with Crippen LogP contribution in [0.25, 0.3) is 0 Å². The third-order valence-electron chi connectivity index (χ3n) is 1.87. The molecule has 2 heteroatoms. The van der Waals surface area contributed by atoms with Gasteiger partial charge in [0.05, 0.1) is 0 Å². The lowest BCUT2D eigenvalue weighted by Crippen LogP contribution is -2.26. The van der Waals surface area contributed by atoms with Gasteiger partial charge in [-0.15, -0.1) is 0 Å². The predicted octanol–water partition coefficient (Wildman–Crippen LogP) is 1.46. The molecule has 1 saturated heterocycles. The molecule has 0 aromatic carbocycles. The Morgan fingerprint density at radius 1 is 1.27 bits per heavy atom. The second-order valence-corrected chi connectivity index (χ2v) is 3.25. The van der Waals surface area contributed by atoms with Crippen molar-refractivity contribution in [1.82, 2.24) is 4.90 Å². The minimum Gasteiger partial charge on any atom is -0.331 e. The van der Waals surface area contributed by atoms with Crippen molar-refractivity contribution in [2.45, 2.75) is 39.7 Å². The Morgan fingerprint density at radius 2 is 1.64 bits per heavy atom. The highest BCUT2D eigenvalue weighted by Gasteiger charge is 2.13. The van der Waals surface area contributed by atoms with Crippen molar-refractivity contribution in [1.29, 1.82) is 0 Å². The first kappa shape index (κ1) is 10.9. The van der Waals surface area contributed by atoms with Crippen molar-refractivity contribution in [3.05, 3.63) is 0 Å². The lowest BCUT2D eigenvalue weighted by atomic mass is 10.3. The molecule has 1 rings (SSSR count). The van der Waals surface area contributed by atoms with Gasteiger partial charge in [-0.2, -0.15) is 0 Å². The third kappa shape index (κ3) is 5.22. The maximum absolute atomic E-state index is 4.85. The van der Waals surface area contributed by atoms with Crippen LogP contribution in [0.5, 0.6) is 0 Å². The Kier molecular flexibility index (Phi) is 6.57. The first-order chi connectivity index (χ1) is 5.22. The quantitative estimate of drug-likeness (QED) is 0.626. The smallest absolute Gasteiger partial charge is 0.00385 e. The third-order valence-corrected chi connectivity index (χ3v) is 1.87. The molecular formula is C9H22N2. The lowest BCUT2D eigenvalue weighted by Gasteiger charge is -2.18. The maximum Gasteiger partial charge on any atom is 0.00385 e. The normalized spacial score (nSPS) is 18.3. The molecule has 2 N–H and O–H groups in total. The average molecular weight is 158 g/mol. The topological polar surface area (TPSA) is 29.3 Å². The van der Waals surface area contributed by atoms with Gasteiger partial charge in [0.2, 0.25) is 0 Å². The van der Waals surface area contributed by atoms with Crippen LogP contribution < -0.4 is 5.73 Å². The van der Waals surface area contributed by atoms with Gasteiger partial charge in [0, 0.05) is 6.04 Å². The number of likely N-dealkylation sites (tertiary alicyclic amines) is 1. The molecule has 0 unspecified atom stereocenters. The van der Waals surface area contributed by atoms with E-state index in [0.717, 1.165) is 12.6 Å². The fraction of sp³-hybridized carbons (Fsp3) is 1.00. The molecule has 1 aliphatic rings. The molecule has 0 amide bonds. The average Bonchev–Trinajstić information content (AvgIpc) is 2.38. The number of nitrogens with zero attached hydrogens (tertiary/aromatic N) is 1. The Labute approximate surface area is 70.8 Å². The monoisotopic (exact) mass is 158 g/mol. The van der Waals surface area contributed by atoms with Gasteiger partial charge in [0.1, 0.15) is 0 Å². The molecule has 1 fully saturated rings. The minimum absolute atomic E-state index is 0.750. The zero-order valence-corrected chi connectivity index (χ0v) is 8.14. The van der Waals surface area contributed by atoms with Crippen LogP contribution in [0.15, 0.2) is 0 Å². The van der Waals surface area contributed by atoms with Crippen molar-refractivity contribution in [2.75, 3.05) is 19.6 Å². The van der Waals surface area contributed by atoms with Gasteiger partial charge in [0.25, 0.3) is 0 Å². The Morgan fingerprint density at radius 3 is 1.82 bits per heavy atom. The molecule has 1 heterocycles. The van der Waals surface area contributed by atoms with Crippen molar-refractivity contribution >= 4 is 0 Å². The Balaban J connectivity index is 0.000000292. The van der Waals surface area contributed by atoms with Crippen LogP contribution in [0.3, 0.4) is 0 Å². The summed E-state index contributed by atoms with van der Waals surface area (Å²) in [6, 6.07) is 0.775. The summed E-state index contributed by atoms with van der Waals surface area (Å²) in [5.74, 6) is 0.